The zero-order valence-corrected chi connectivity index (χ0v) is 12.9. The number of ether oxygens (including phenoxy) is 2. The van der Waals surface area contributed by atoms with Crippen LogP contribution in [0.2, 0.25) is 0 Å². The first-order chi connectivity index (χ1) is 10.7. The average Bonchev–Trinajstić information content (AvgIpc) is 2.55. The minimum absolute atomic E-state index is 0.00877. The van der Waals surface area contributed by atoms with E-state index < -0.39 is 0 Å². The van der Waals surface area contributed by atoms with Crippen LogP contribution in [0.15, 0.2) is 54.6 Å². The standard InChI is InChI=1S/C18H21NO3/c1-3-21-16-9-11-17(12-10-16)22-13-18(20)19-14(2)15-7-5-4-6-8-15/h4-12,14H,3,13H2,1-2H3,(H,19,20). The van der Waals surface area contributed by atoms with Crippen LogP contribution in [-0.4, -0.2) is 19.1 Å². The normalized spacial score (nSPS) is 11.5. The summed E-state index contributed by atoms with van der Waals surface area (Å²) in [5.41, 5.74) is 1.07. The van der Waals surface area contributed by atoms with Crippen LogP contribution in [0.1, 0.15) is 25.5 Å². The van der Waals surface area contributed by atoms with E-state index in [9.17, 15) is 4.79 Å². The van der Waals surface area contributed by atoms with E-state index in [0.717, 1.165) is 11.3 Å². The Balaban J connectivity index is 1.80. The Morgan fingerprint density at radius 1 is 1.00 bits per heavy atom. The van der Waals surface area contributed by atoms with Gasteiger partial charge in [0.1, 0.15) is 11.5 Å². The molecular weight excluding hydrogens is 278 g/mol. The molecule has 2 aromatic rings. The first-order valence-corrected chi connectivity index (χ1v) is 7.39. The van der Waals surface area contributed by atoms with E-state index in [4.69, 9.17) is 9.47 Å². The van der Waals surface area contributed by atoms with Gasteiger partial charge in [-0.15, -0.1) is 0 Å². The number of carbonyl (C=O) groups excluding carboxylic acids is 1. The highest BCUT2D eigenvalue weighted by molar-refractivity contribution is 5.78. The zero-order chi connectivity index (χ0) is 15.8. The maximum atomic E-state index is 11.9. The number of benzene rings is 2. The minimum atomic E-state index is -0.148. The quantitative estimate of drug-likeness (QED) is 0.853. The summed E-state index contributed by atoms with van der Waals surface area (Å²) >= 11 is 0. The van der Waals surface area contributed by atoms with Gasteiger partial charge in [0, 0.05) is 0 Å². The van der Waals surface area contributed by atoms with Crippen LogP contribution >= 0.6 is 0 Å². The van der Waals surface area contributed by atoms with Gasteiger partial charge in [-0.3, -0.25) is 4.79 Å². The molecule has 0 bridgehead atoms. The van der Waals surface area contributed by atoms with Gasteiger partial charge in [0.2, 0.25) is 0 Å². The van der Waals surface area contributed by atoms with Crippen molar-refractivity contribution in [1.29, 1.82) is 0 Å². The molecule has 0 heterocycles. The van der Waals surface area contributed by atoms with Gasteiger partial charge in [-0.25, -0.2) is 0 Å². The van der Waals surface area contributed by atoms with Crippen molar-refractivity contribution in [1.82, 2.24) is 5.32 Å². The first-order valence-electron chi connectivity index (χ1n) is 7.39. The average molecular weight is 299 g/mol. The van der Waals surface area contributed by atoms with Gasteiger partial charge in [0.05, 0.1) is 12.6 Å². The van der Waals surface area contributed by atoms with Crippen molar-refractivity contribution in [2.24, 2.45) is 0 Å². The molecule has 0 aliphatic heterocycles. The van der Waals surface area contributed by atoms with Crippen LogP contribution in [0.4, 0.5) is 0 Å². The van der Waals surface area contributed by atoms with Crippen molar-refractivity contribution in [2.75, 3.05) is 13.2 Å². The van der Waals surface area contributed by atoms with Gasteiger partial charge in [0.15, 0.2) is 6.61 Å². The van der Waals surface area contributed by atoms with Crippen molar-refractivity contribution in [3.8, 4) is 11.5 Å². The third-order valence-electron chi connectivity index (χ3n) is 3.18. The van der Waals surface area contributed by atoms with Crippen LogP contribution in [0.5, 0.6) is 11.5 Å². The molecule has 0 saturated heterocycles. The summed E-state index contributed by atoms with van der Waals surface area (Å²) < 4.78 is 10.8. The maximum absolute atomic E-state index is 11.9. The number of hydrogen-bond donors (Lipinski definition) is 1. The fourth-order valence-electron chi connectivity index (χ4n) is 2.06. The lowest BCUT2D eigenvalue weighted by Gasteiger charge is -2.14. The van der Waals surface area contributed by atoms with Crippen LogP contribution < -0.4 is 14.8 Å². The lowest BCUT2D eigenvalue weighted by molar-refractivity contribution is -0.123. The number of carbonyl (C=O) groups is 1. The minimum Gasteiger partial charge on any atom is -0.494 e. The van der Waals surface area contributed by atoms with Crippen LogP contribution in [0.3, 0.4) is 0 Å². The SMILES string of the molecule is CCOc1ccc(OCC(=O)NC(C)c2ccccc2)cc1. The number of rotatable bonds is 7. The van der Waals surface area contributed by atoms with E-state index in [-0.39, 0.29) is 18.6 Å². The van der Waals surface area contributed by atoms with Crippen molar-refractivity contribution >= 4 is 5.91 Å². The van der Waals surface area contributed by atoms with Gasteiger partial charge < -0.3 is 14.8 Å². The molecule has 1 unspecified atom stereocenters. The summed E-state index contributed by atoms with van der Waals surface area (Å²) in [5, 5.41) is 2.91. The Morgan fingerprint density at radius 2 is 1.59 bits per heavy atom. The molecule has 116 valence electrons. The molecule has 4 nitrogen and oxygen atoms in total. The summed E-state index contributed by atoms with van der Waals surface area (Å²) in [6.45, 7) is 4.50. The number of nitrogens with one attached hydrogen (secondary N) is 1. The van der Waals surface area contributed by atoms with Gasteiger partial charge >= 0.3 is 0 Å². The predicted octanol–water partition coefficient (Wildman–Crippen LogP) is 3.34. The molecule has 2 rings (SSSR count). The zero-order valence-electron chi connectivity index (χ0n) is 12.9. The molecule has 0 spiro atoms. The molecule has 2 aromatic carbocycles. The topological polar surface area (TPSA) is 47.6 Å². The van der Waals surface area contributed by atoms with E-state index in [0.29, 0.717) is 12.4 Å². The fraction of sp³-hybridized carbons (Fsp3) is 0.278. The summed E-state index contributed by atoms with van der Waals surface area (Å²) in [5.74, 6) is 1.29. The molecule has 0 saturated carbocycles. The van der Waals surface area contributed by atoms with E-state index >= 15 is 0 Å². The van der Waals surface area contributed by atoms with E-state index in [1.54, 1.807) is 12.1 Å². The molecule has 0 aliphatic carbocycles. The molecule has 1 amide bonds. The first kappa shape index (κ1) is 15.9. The lowest BCUT2D eigenvalue weighted by atomic mass is 10.1. The van der Waals surface area contributed by atoms with Gasteiger partial charge in [0.25, 0.3) is 5.91 Å². The van der Waals surface area contributed by atoms with Gasteiger partial charge in [-0.1, -0.05) is 30.3 Å². The second-order valence-corrected chi connectivity index (χ2v) is 4.89. The second kappa shape index (κ2) is 8.08. The number of amides is 1. The fourth-order valence-corrected chi connectivity index (χ4v) is 2.06. The summed E-state index contributed by atoms with van der Waals surface area (Å²) in [6, 6.07) is 17.0. The molecule has 0 aromatic heterocycles. The van der Waals surface area contributed by atoms with E-state index in [2.05, 4.69) is 5.32 Å². The Labute approximate surface area is 131 Å². The maximum Gasteiger partial charge on any atom is 0.258 e. The van der Waals surface area contributed by atoms with Crippen LogP contribution in [0, 0.1) is 0 Å². The monoisotopic (exact) mass is 299 g/mol. The highest BCUT2D eigenvalue weighted by Crippen LogP contribution is 2.17. The molecule has 1 atom stereocenters. The van der Waals surface area contributed by atoms with E-state index in [1.807, 2.05) is 56.3 Å². The summed E-state index contributed by atoms with van der Waals surface area (Å²) in [7, 11) is 0. The Bertz CT molecular complexity index is 581. The van der Waals surface area contributed by atoms with Gasteiger partial charge in [-0.2, -0.15) is 0 Å². The molecule has 0 fully saturated rings. The Kier molecular flexibility index (Phi) is 5.83. The van der Waals surface area contributed by atoms with Crippen molar-refractivity contribution < 1.29 is 14.3 Å². The smallest absolute Gasteiger partial charge is 0.258 e. The van der Waals surface area contributed by atoms with Gasteiger partial charge in [-0.05, 0) is 43.7 Å². The molecular formula is C18H21NO3. The summed E-state index contributed by atoms with van der Waals surface area (Å²) in [4.78, 5) is 11.9. The molecule has 1 N–H and O–H groups in total. The third kappa shape index (κ3) is 4.81. The van der Waals surface area contributed by atoms with E-state index in [1.165, 1.54) is 0 Å². The van der Waals surface area contributed by atoms with Crippen LogP contribution in [-0.2, 0) is 4.79 Å². The predicted molar refractivity (Wildman–Crippen MR) is 86.1 cm³/mol. The Morgan fingerprint density at radius 3 is 2.18 bits per heavy atom. The lowest BCUT2D eigenvalue weighted by Crippen LogP contribution is -2.31. The highest BCUT2D eigenvalue weighted by atomic mass is 16.5. The van der Waals surface area contributed by atoms with Crippen molar-refractivity contribution in [3.05, 3.63) is 60.2 Å². The highest BCUT2D eigenvalue weighted by Gasteiger charge is 2.09. The molecule has 22 heavy (non-hydrogen) atoms. The molecule has 0 aliphatic rings. The second-order valence-electron chi connectivity index (χ2n) is 4.89. The summed E-state index contributed by atoms with van der Waals surface area (Å²) in [6.07, 6.45) is 0. The largest absolute Gasteiger partial charge is 0.494 e. The Hall–Kier alpha value is -2.49. The molecule has 4 heteroatoms. The van der Waals surface area contributed by atoms with Crippen LogP contribution in [0.25, 0.3) is 0 Å². The van der Waals surface area contributed by atoms with Crippen molar-refractivity contribution in [2.45, 2.75) is 19.9 Å². The number of hydrogen-bond acceptors (Lipinski definition) is 3. The molecule has 0 radical (unpaired) electrons. The third-order valence-corrected chi connectivity index (χ3v) is 3.18. The van der Waals surface area contributed by atoms with Crippen molar-refractivity contribution in [3.63, 3.8) is 0 Å².